The summed E-state index contributed by atoms with van der Waals surface area (Å²) in [6.45, 7) is 3.15. The molecule has 4 saturated carbocycles. The minimum Gasteiger partial charge on any atom is -0.396 e. The Morgan fingerprint density at radius 1 is 1.03 bits per heavy atom. The van der Waals surface area contributed by atoms with Crippen LogP contribution in [0, 0.1) is 16.2 Å². The molecule has 0 amide bonds. The van der Waals surface area contributed by atoms with E-state index in [4.69, 9.17) is 10.1 Å². The number of pyridine rings is 1. The second kappa shape index (κ2) is 8.71. The van der Waals surface area contributed by atoms with Crippen LogP contribution in [0.1, 0.15) is 67.9 Å². The molecule has 4 aliphatic carbocycles. The standard InChI is InChI=1S/C32H34N4O3/c1-22(38)30-19-32(20-30,21-30)31(9-10-31)14-28(39)27-5-2-4-23-8-12-35(29(23)27)18-26-7-6-24(15-33-26)25-16-34-36(17-25)11-3-13-37/h2,4-8,12,15-17,37H,3,9-11,13-14,18-21H2,1H3. The number of carbonyl (C=O) groups is 2. The van der Waals surface area contributed by atoms with Gasteiger partial charge in [0.05, 0.1) is 24.0 Å². The molecule has 7 nitrogen and oxygen atoms in total. The molecule has 1 aromatic carbocycles. The fraction of sp³-hybridized carbons (Fsp3) is 0.438. The van der Waals surface area contributed by atoms with Crippen molar-refractivity contribution in [2.45, 2.75) is 65.0 Å². The Morgan fingerprint density at radius 2 is 1.85 bits per heavy atom. The number of fused-ring (bicyclic) bond motifs is 1. The van der Waals surface area contributed by atoms with E-state index in [0.29, 0.717) is 31.7 Å². The molecular weight excluding hydrogens is 488 g/mol. The molecule has 0 radical (unpaired) electrons. The molecule has 4 aromatic rings. The summed E-state index contributed by atoms with van der Waals surface area (Å²) in [6.07, 6.45) is 14.2. The number of Topliss-reactive ketones (excluding diaryl/α,β-unsaturated/α-hetero) is 2. The number of ketones is 2. The third kappa shape index (κ3) is 3.81. The first-order valence-corrected chi connectivity index (χ1v) is 14.1. The molecule has 2 bridgehead atoms. The van der Waals surface area contributed by atoms with Gasteiger partial charge >= 0.3 is 0 Å². The number of hydrogen-bond donors (Lipinski definition) is 1. The van der Waals surface area contributed by atoms with E-state index in [9.17, 15) is 9.59 Å². The van der Waals surface area contributed by atoms with Crippen molar-refractivity contribution in [3.63, 3.8) is 0 Å². The van der Waals surface area contributed by atoms with Crippen molar-refractivity contribution in [3.05, 3.63) is 72.4 Å². The molecule has 1 N–H and O–H groups in total. The van der Waals surface area contributed by atoms with Crippen molar-refractivity contribution in [3.8, 4) is 11.1 Å². The van der Waals surface area contributed by atoms with E-state index in [1.165, 1.54) is 0 Å². The lowest BCUT2D eigenvalue weighted by Gasteiger charge is -2.73. The van der Waals surface area contributed by atoms with Crippen molar-refractivity contribution in [2.24, 2.45) is 16.2 Å². The summed E-state index contributed by atoms with van der Waals surface area (Å²) in [5, 5.41) is 14.5. The molecule has 7 heteroatoms. The number of aliphatic hydroxyl groups is 1. The van der Waals surface area contributed by atoms with Gasteiger partial charge in [-0.3, -0.25) is 19.3 Å². The van der Waals surface area contributed by atoms with Crippen LogP contribution in [0.4, 0.5) is 0 Å². The van der Waals surface area contributed by atoms with E-state index in [-0.39, 0.29) is 28.6 Å². The van der Waals surface area contributed by atoms with Gasteiger partial charge in [0.15, 0.2) is 5.78 Å². The lowest BCUT2D eigenvalue weighted by Crippen LogP contribution is -2.68. The van der Waals surface area contributed by atoms with Crippen LogP contribution in [0.15, 0.2) is 61.2 Å². The average Bonchev–Trinajstić information content (AvgIpc) is 3.30. The van der Waals surface area contributed by atoms with Crippen molar-refractivity contribution in [1.82, 2.24) is 19.3 Å². The second-order valence-corrected chi connectivity index (χ2v) is 12.3. The van der Waals surface area contributed by atoms with E-state index in [0.717, 1.165) is 65.4 Å². The highest BCUT2D eigenvalue weighted by Crippen LogP contribution is 2.85. The third-order valence-corrected chi connectivity index (χ3v) is 10.0. The Kier molecular flexibility index (Phi) is 5.47. The first-order chi connectivity index (χ1) is 18.9. The Hall–Kier alpha value is -3.58. The normalized spacial score (nSPS) is 24.3. The van der Waals surface area contributed by atoms with Crippen molar-refractivity contribution in [1.29, 1.82) is 0 Å². The van der Waals surface area contributed by atoms with Gasteiger partial charge in [-0.2, -0.15) is 5.10 Å². The van der Waals surface area contributed by atoms with Crippen molar-refractivity contribution >= 4 is 22.5 Å². The van der Waals surface area contributed by atoms with Crippen LogP contribution in [0.3, 0.4) is 0 Å². The molecule has 0 spiro atoms. The van der Waals surface area contributed by atoms with Gasteiger partial charge in [0.1, 0.15) is 5.78 Å². The lowest BCUT2D eigenvalue weighted by molar-refractivity contribution is -0.233. The number of aliphatic hydroxyl groups excluding tert-OH is 1. The predicted molar refractivity (Wildman–Crippen MR) is 148 cm³/mol. The molecule has 39 heavy (non-hydrogen) atoms. The molecule has 0 aliphatic heterocycles. The molecular formula is C32H34N4O3. The summed E-state index contributed by atoms with van der Waals surface area (Å²) in [5.41, 5.74) is 4.96. The molecule has 200 valence electrons. The molecule has 3 aromatic heterocycles. The Balaban J connectivity index is 1.09. The van der Waals surface area contributed by atoms with Crippen LogP contribution >= 0.6 is 0 Å². The molecule has 3 heterocycles. The van der Waals surface area contributed by atoms with Crippen LogP contribution < -0.4 is 0 Å². The highest BCUT2D eigenvalue weighted by atomic mass is 16.3. The van der Waals surface area contributed by atoms with Crippen LogP contribution in [-0.2, 0) is 17.9 Å². The molecule has 8 rings (SSSR count). The summed E-state index contributed by atoms with van der Waals surface area (Å²) >= 11 is 0. The van der Waals surface area contributed by atoms with Gasteiger partial charge in [-0.15, -0.1) is 0 Å². The first kappa shape index (κ1) is 24.5. The van der Waals surface area contributed by atoms with E-state index >= 15 is 0 Å². The molecule has 4 aliphatic rings. The van der Waals surface area contributed by atoms with Gasteiger partial charge in [-0.1, -0.05) is 18.2 Å². The van der Waals surface area contributed by atoms with Gasteiger partial charge in [-0.05, 0) is 74.5 Å². The highest BCUT2D eigenvalue weighted by Gasteiger charge is 2.79. The number of benzene rings is 1. The maximum Gasteiger partial charge on any atom is 0.165 e. The third-order valence-electron chi connectivity index (χ3n) is 10.0. The lowest BCUT2D eigenvalue weighted by atomic mass is 9.30. The van der Waals surface area contributed by atoms with Crippen LogP contribution in [0.25, 0.3) is 22.0 Å². The fourth-order valence-electron chi connectivity index (χ4n) is 7.52. The average molecular weight is 523 g/mol. The Morgan fingerprint density at radius 3 is 2.54 bits per heavy atom. The van der Waals surface area contributed by atoms with Gasteiger partial charge in [-0.25, -0.2) is 0 Å². The molecule has 0 saturated heterocycles. The van der Waals surface area contributed by atoms with Gasteiger partial charge < -0.3 is 9.67 Å². The molecule has 0 atom stereocenters. The number of nitrogens with zero attached hydrogens (tertiary/aromatic N) is 4. The highest BCUT2D eigenvalue weighted by molar-refractivity contribution is 6.07. The largest absolute Gasteiger partial charge is 0.396 e. The van der Waals surface area contributed by atoms with Crippen molar-refractivity contribution in [2.75, 3.05) is 6.61 Å². The summed E-state index contributed by atoms with van der Waals surface area (Å²) in [7, 11) is 0. The molecule has 0 unspecified atom stereocenters. The first-order valence-electron chi connectivity index (χ1n) is 14.1. The minimum atomic E-state index is -0.0592. The second-order valence-electron chi connectivity index (χ2n) is 12.3. The zero-order valence-corrected chi connectivity index (χ0v) is 22.4. The predicted octanol–water partition coefficient (Wildman–Crippen LogP) is 5.44. The topological polar surface area (TPSA) is 90.0 Å². The monoisotopic (exact) mass is 522 g/mol. The summed E-state index contributed by atoms with van der Waals surface area (Å²) in [6, 6.07) is 12.2. The van der Waals surface area contributed by atoms with Gasteiger partial charge in [0, 0.05) is 65.7 Å². The number of para-hydroxylation sites is 1. The number of carbonyl (C=O) groups excluding carboxylic acids is 2. The van der Waals surface area contributed by atoms with Crippen LogP contribution in [0.5, 0.6) is 0 Å². The van der Waals surface area contributed by atoms with E-state index < -0.39 is 0 Å². The fourth-order valence-corrected chi connectivity index (χ4v) is 7.52. The summed E-state index contributed by atoms with van der Waals surface area (Å²) in [4.78, 5) is 30.6. The van der Waals surface area contributed by atoms with Gasteiger partial charge in [0.2, 0.25) is 0 Å². The molecule has 4 fully saturated rings. The van der Waals surface area contributed by atoms with Crippen LogP contribution in [0.2, 0.25) is 0 Å². The SMILES string of the molecule is CC(=O)C12CC(C3(CC(=O)c4cccc5ccn(Cc6ccc(-c7cnn(CCCO)c7)cn6)c45)CC3)(C1)C2. The maximum atomic E-state index is 13.8. The Bertz CT molecular complexity index is 1570. The number of aryl methyl sites for hydroxylation is 1. The van der Waals surface area contributed by atoms with Crippen LogP contribution in [-0.4, -0.2) is 42.6 Å². The summed E-state index contributed by atoms with van der Waals surface area (Å²) in [5.74, 6) is 0.560. The maximum absolute atomic E-state index is 13.8. The minimum absolute atomic E-state index is 0.0592. The smallest absolute Gasteiger partial charge is 0.165 e. The van der Waals surface area contributed by atoms with Crippen molar-refractivity contribution < 1.29 is 14.7 Å². The van der Waals surface area contributed by atoms with E-state index in [1.54, 1.807) is 6.92 Å². The number of hydrogen-bond acceptors (Lipinski definition) is 5. The van der Waals surface area contributed by atoms with E-state index in [1.807, 2.05) is 47.7 Å². The quantitative estimate of drug-likeness (QED) is 0.265. The zero-order valence-electron chi connectivity index (χ0n) is 22.4. The number of rotatable bonds is 11. The zero-order chi connectivity index (χ0) is 26.8. The number of aromatic nitrogens is 4. The van der Waals surface area contributed by atoms with E-state index in [2.05, 4.69) is 27.9 Å². The summed E-state index contributed by atoms with van der Waals surface area (Å²) < 4.78 is 3.98. The van der Waals surface area contributed by atoms with Gasteiger partial charge in [0.25, 0.3) is 0 Å². The Labute approximate surface area is 227 Å².